The minimum Gasteiger partial charge on any atom is -0.465 e. The van der Waals surface area contributed by atoms with Gasteiger partial charge in [-0.05, 0) is 38.2 Å². The first kappa shape index (κ1) is 16.8. The lowest BCUT2D eigenvalue weighted by molar-refractivity contribution is -0.142. The van der Waals surface area contributed by atoms with E-state index in [-0.39, 0.29) is 11.5 Å². The molecule has 0 fully saturated rings. The molecule has 1 aromatic heterocycles. The molecule has 0 radical (unpaired) electrons. The van der Waals surface area contributed by atoms with Gasteiger partial charge in [0.25, 0.3) is 5.56 Å². The molecule has 1 unspecified atom stereocenters. The molecule has 0 saturated carbocycles. The van der Waals surface area contributed by atoms with Crippen LogP contribution in [0.2, 0.25) is 0 Å². The molecule has 6 heteroatoms. The Morgan fingerprint density at radius 3 is 2.79 bits per heavy atom. The summed E-state index contributed by atoms with van der Waals surface area (Å²) in [6, 6.07) is 9.42. The molecule has 0 amide bonds. The molecule has 0 aliphatic heterocycles. The molecule has 0 bridgehead atoms. The molecule has 1 aliphatic carbocycles. The highest BCUT2D eigenvalue weighted by Gasteiger charge is 2.25. The number of carbonyl (C=O) groups excluding carboxylic acids is 1. The van der Waals surface area contributed by atoms with E-state index in [1.54, 1.807) is 6.92 Å². The number of hydrogen-bond acceptors (Lipinski definition) is 5. The number of nitrogens with one attached hydrogen (secondary N) is 1. The molecular formula is C18H20N2O3S. The first-order chi connectivity index (χ1) is 11.7. The monoisotopic (exact) mass is 344 g/mol. The minimum atomic E-state index is -0.545. The van der Waals surface area contributed by atoms with Crippen molar-refractivity contribution in [2.45, 2.75) is 43.0 Å². The maximum Gasteiger partial charge on any atom is 0.324 e. The van der Waals surface area contributed by atoms with Crippen LogP contribution in [0, 0.1) is 0 Å². The highest BCUT2D eigenvalue weighted by molar-refractivity contribution is 8.00. The number of rotatable bonds is 5. The van der Waals surface area contributed by atoms with Crippen molar-refractivity contribution in [3.8, 4) is 0 Å². The van der Waals surface area contributed by atoms with E-state index in [1.165, 1.54) is 11.8 Å². The fraction of sp³-hybridized carbons (Fsp3) is 0.389. The Kier molecular flexibility index (Phi) is 5.35. The van der Waals surface area contributed by atoms with Crippen LogP contribution in [0.3, 0.4) is 0 Å². The third kappa shape index (κ3) is 3.70. The smallest absolute Gasteiger partial charge is 0.324 e. The Morgan fingerprint density at radius 2 is 2.04 bits per heavy atom. The summed E-state index contributed by atoms with van der Waals surface area (Å²) in [5.41, 5.74) is 2.40. The third-order valence-electron chi connectivity index (χ3n) is 4.00. The lowest BCUT2D eigenvalue weighted by Gasteiger charge is -2.17. The molecule has 5 nitrogen and oxygen atoms in total. The average Bonchev–Trinajstić information content (AvgIpc) is 2.61. The maximum absolute atomic E-state index is 12.4. The van der Waals surface area contributed by atoms with Crippen LogP contribution in [0.4, 0.5) is 0 Å². The number of thioether (sulfide) groups is 1. The molecular weight excluding hydrogens is 324 g/mol. The predicted octanol–water partition coefficient (Wildman–Crippen LogP) is 3.05. The molecule has 1 aliphatic rings. The Labute approximate surface area is 144 Å². The van der Waals surface area contributed by atoms with Gasteiger partial charge in [-0.15, -0.1) is 0 Å². The van der Waals surface area contributed by atoms with Gasteiger partial charge in [-0.3, -0.25) is 9.59 Å². The van der Waals surface area contributed by atoms with Gasteiger partial charge in [-0.2, -0.15) is 0 Å². The molecule has 0 saturated heterocycles. The van der Waals surface area contributed by atoms with Gasteiger partial charge in [0.2, 0.25) is 0 Å². The van der Waals surface area contributed by atoms with Crippen LogP contribution in [-0.4, -0.2) is 22.5 Å². The van der Waals surface area contributed by atoms with Crippen LogP contribution in [-0.2, 0) is 22.4 Å². The minimum absolute atomic E-state index is 0.0853. The predicted molar refractivity (Wildman–Crippen MR) is 93.2 cm³/mol. The third-order valence-corrected chi connectivity index (χ3v) is 5.12. The molecule has 3 rings (SSSR count). The van der Waals surface area contributed by atoms with E-state index in [4.69, 9.17) is 4.74 Å². The number of hydrogen-bond donors (Lipinski definition) is 1. The highest BCUT2D eigenvalue weighted by atomic mass is 32.2. The van der Waals surface area contributed by atoms with E-state index >= 15 is 0 Å². The summed E-state index contributed by atoms with van der Waals surface area (Å²) in [6.45, 7) is 2.10. The zero-order valence-corrected chi connectivity index (χ0v) is 14.4. The van der Waals surface area contributed by atoms with E-state index in [1.807, 2.05) is 30.3 Å². The van der Waals surface area contributed by atoms with Gasteiger partial charge in [0, 0.05) is 5.56 Å². The molecule has 0 spiro atoms. The average molecular weight is 344 g/mol. The zero-order valence-electron chi connectivity index (χ0n) is 13.6. The molecule has 1 N–H and O–H groups in total. The van der Waals surface area contributed by atoms with E-state index in [2.05, 4.69) is 9.97 Å². The second-order valence-corrected chi connectivity index (χ2v) is 6.76. The summed E-state index contributed by atoms with van der Waals surface area (Å²) in [5, 5.41) is -0.0708. The van der Waals surface area contributed by atoms with Gasteiger partial charge < -0.3 is 9.72 Å². The zero-order chi connectivity index (χ0) is 16.9. The Hall–Kier alpha value is -2.08. The number of aryl methyl sites for hydroxylation is 1. The quantitative estimate of drug-likeness (QED) is 0.513. The van der Waals surface area contributed by atoms with Crippen molar-refractivity contribution in [2.75, 3.05) is 6.61 Å². The number of carbonyl (C=O) groups is 1. The Morgan fingerprint density at radius 1 is 1.29 bits per heavy atom. The van der Waals surface area contributed by atoms with Gasteiger partial charge in [-0.1, -0.05) is 42.1 Å². The van der Waals surface area contributed by atoms with Crippen molar-refractivity contribution in [2.24, 2.45) is 0 Å². The summed E-state index contributed by atoms with van der Waals surface area (Å²) >= 11 is 1.24. The number of benzene rings is 1. The maximum atomic E-state index is 12.4. The van der Waals surface area contributed by atoms with E-state index < -0.39 is 5.25 Å². The number of esters is 1. The van der Waals surface area contributed by atoms with Crippen molar-refractivity contribution in [1.82, 2.24) is 9.97 Å². The summed E-state index contributed by atoms with van der Waals surface area (Å²) in [4.78, 5) is 32.0. The first-order valence-corrected chi connectivity index (χ1v) is 9.07. The van der Waals surface area contributed by atoms with Crippen molar-refractivity contribution in [1.29, 1.82) is 0 Å². The van der Waals surface area contributed by atoms with Gasteiger partial charge >= 0.3 is 5.97 Å². The largest absolute Gasteiger partial charge is 0.465 e. The molecule has 126 valence electrons. The van der Waals surface area contributed by atoms with Crippen LogP contribution in [0.5, 0.6) is 0 Å². The number of ether oxygens (including phenoxy) is 1. The Bertz CT molecular complexity index is 774. The molecule has 24 heavy (non-hydrogen) atoms. The molecule has 1 aromatic carbocycles. The van der Waals surface area contributed by atoms with Gasteiger partial charge in [-0.25, -0.2) is 4.98 Å². The second-order valence-electron chi connectivity index (χ2n) is 5.66. The van der Waals surface area contributed by atoms with E-state index in [0.29, 0.717) is 11.8 Å². The second kappa shape index (κ2) is 7.66. The van der Waals surface area contributed by atoms with Crippen LogP contribution in [0.15, 0.2) is 40.3 Å². The fourth-order valence-corrected chi connectivity index (χ4v) is 3.84. The molecule has 2 aromatic rings. The topological polar surface area (TPSA) is 72.0 Å². The Balaban J connectivity index is 1.91. The SMILES string of the molecule is CCOC(=O)C(Sc1nc2c(c(=O)[nH]1)CCCC2)c1ccccc1. The summed E-state index contributed by atoms with van der Waals surface area (Å²) in [7, 11) is 0. The molecule has 1 heterocycles. The fourth-order valence-electron chi connectivity index (χ4n) is 2.85. The van der Waals surface area contributed by atoms with Crippen LogP contribution < -0.4 is 5.56 Å². The highest BCUT2D eigenvalue weighted by Crippen LogP contribution is 2.34. The standard InChI is InChI=1S/C18H20N2O3S/c1-2-23-17(22)15(12-8-4-3-5-9-12)24-18-19-14-11-7-6-10-13(14)16(21)20-18/h3-5,8-9,15H,2,6-7,10-11H2,1H3,(H,19,20,21). The van der Waals surface area contributed by atoms with Gasteiger partial charge in [0.05, 0.1) is 12.3 Å². The lowest BCUT2D eigenvalue weighted by Crippen LogP contribution is -2.22. The van der Waals surface area contributed by atoms with Gasteiger partial charge in [0.1, 0.15) is 5.25 Å². The normalized spacial score (nSPS) is 14.7. The number of H-pyrrole nitrogens is 1. The van der Waals surface area contributed by atoms with Crippen LogP contribution in [0.25, 0.3) is 0 Å². The number of aromatic amines is 1. The van der Waals surface area contributed by atoms with Crippen LogP contribution in [0.1, 0.15) is 41.8 Å². The number of nitrogens with zero attached hydrogens (tertiary/aromatic N) is 1. The van der Waals surface area contributed by atoms with E-state index in [9.17, 15) is 9.59 Å². The van der Waals surface area contributed by atoms with Crippen molar-refractivity contribution in [3.63, 3.8) is 0 Å². The van der Waals surface area contributed by atoms with Crippen molar-refractivity contribution >= 4 is 17.7 Å². The summed E-state index contributed by atoms with van der Waals surface area (Å²) < 4.78 is 5.19. The summed E-state index contributed by atoms with van der Waals surface area (Å²) in [5.74, 6) is -0.325. The van der Waals surface area contributed by atoms with Crippen LogP contribution >= 0.6 is 11.8 Å². The molecule has 1 atom stereocenters. The van der Waals surface area contributed by atoms with Crippen molar-refractivity contribution < 1.29 is 9.53 Å². The van der Waals surface area contributed by atoms with E-state index in [0.717, 1.165) is 42.5 Å². The number of aromatic nitrogens is 2. The van der Waals surface area contributed by atoms with Gasteiger partial charge in [0.15, 0.2) is 5.16 Å². The van der Waals surface area contributed by atoms with Crippen molar-refractivity contribution in [3.05, 3.63) is 57.5 Å². The number of fused-ring (bicyclic) bond motifs is 1. The summed E-state index contributed by atoms with van der Waals surface area (Å²) in [6.07, 6.45) is 3.68. The lowest BCUT2D eigenvalue weighted by atomic mass is 9.97. The first-order valence-electron chi connectivity index (χ1n) is 8.19.